The van der Waals surface area contributed by atoms with Crippen LogP contribution in [0.5, 0.6) is 5.75 Å². The van der Waals surface area contributed by atoms with Gasteiger partial charge in [-0.15, -0.1) is 0 Å². The van der Waals surface area contributed by atoms with Crippen molar-refractivity contribution < 1.29 is 19.8 Å². The number of phenols is 1. The molecule has 1 aromatic carbocycles. The Balaban J connectivity index is 2.97. The summed E-state index contributed by atoms with van der Waals surface area (Å²) >= 11 is 3.96. The minimum absolute atomic E-state index is 0.0938. The Morgan fingerprint density at radius 2 is 1.90 bits per heavy atom. The molecule has 0 aliphatic carbocycles. The fourth-order valence-corrected chi connectivity index (χ4v) is 3.51. The lowest BCUT2D eigenvalue weighted by molar-refractivity contribution is -0.139. The summed E-state index contributed by atoms with van der Waals surface area (Å²) in [5.74, 6) is -1.64. The molecule has 0 aliphatic rings. The first-order valence-corrected chi connectivity index (χ1v) is 8.09. The first kappa shape index (κ1) is 17.5. The SMILES string of the molecule is CC(C)C[C@H](NC(=O)c1cc(I)cc(I)c1O)C(=O)O. The van der Waals surface area contributed by atoms with Crippen molar-refractivity contribution in [3.8, 4) is 5.75 Å². The molecule has 0 aromatic heterocycles. The third-order valence-electron chi connectivity index (χ3n) is 2.58. The van der Waals surface area contributed by atoms with Gasteiger partial charge in [0.15, 0.2) is 0 Å². The predicted octanol–water partition coefficient (Wildman–Crippen LogP) is 2.83. The second kappa shape index (κ2) is 7.43. The number of carbonyl (C=O) groups is 2. The van der Waals surface area contributed by atoms with Gasteiger partial charge in [0.1, 0.15) is 11.8 Å². The second-order valence-corrected chi connectivity index (χ2v) is 7.19. The third kappa shape index (κ3) is 4.76. The zero-order valence-electron chi connectivity index (χ0n) is 11.0. The third-order valence-corrected chi connectivity index (χ3v) is 4.03. The summed E-state index contributed by atoms with van der Waals surface area (Å²) in [5, 5.41) is 21.5. The van der Waals surface area contributed by atoms with E-state index < -0.39 is 17.9 Å². The highest BCUT2D eigenvalue weighted by molar-refractivity contribution is 14.1. The van der Waals surface area contributed by atoms with Crippen LogP contribution in [0.3, 0.4) is 0 Å². The molecule has 0 saturated heterocycles. The number of phenolic OH excluding ortho intramolecular Hbond substituents is 1. The number of aromatic hydroxyl groups is 1. The summed E-state index contributed by atoms with van der Waals surface area (Å²) in [4.78, 5) is 23.3. The van der Waals surface area contributed by atoms with Crippen molar-refractivity contribution in [2.75, 3.05) is 0 Å². The van der Waals surface area contributed by atoms with Crippen molar-refractivity contribution in [3.05, 3.63) is 24.8 Å². The van der Waals surface area contributed by atoms with Crippen LogP contribution in [0.15, 0.2) is 12.1 Å². The van der Waals surface area contributed by atoms with E-state index in [1.165, 1.54) is 6.07 Å². The van der Waals surface area contributed by atoms with Gasteiger partial charge in [0, 0.05) is 3.57 Å². The van der Waals surface area contributed by atoms with Gasteiger partial charge in [-0.3, -0.25) is 4.79 Å². The fourth-order valence-electron chi connectivity index (χ4n) is 1.67. The van der Waals surface area contributed by atoms with Crippen molar-refractivity contribution in [2.45, 2.75) is 26.3 Å². The van der Waals surface area contributed by atoms with E-state index in [0.717, 1.165) is 3.57 Å². The molecule has 0 saturated carbocycles. The Hall–Kier alpha value is -0.580. The van der Waals surface area contributed by atoms with Crippen LogP contribution in [-0.4, -0.2) is 28.1 Å². The van der Waals surface area contributed by atoms with Crippen LogP contribution in [0.25, 0.3) is 0 Å². The molecule has 3 N–H and O–H groups in total. The lowest BCUT2D eigenvalue weighted by Gasteiger charge is -2.17. The fraction of sp³-hybridized carbons (Fsp3) is 0.385. The Morgan fingerprint density at radius 3 is 2.40 bits per heavy atom. The Morgan fingerprint density at radius 1 is 1.30 bits per heavy atom. The molecule has 20 heavy (non-hydrogen) atoms. The maximum absolute atomic E-state index is 12.1. The quantitative estimate of drug-likeness (QED) is 0.540. The van der Waals surface area contributed by atoms with Crippen molar-refractivity contribution in [1.29, 1.82) is 0 Å². The van der Waals surface area contributed by atoms with E-state index in [4.69, 9.17) is 5.11 Å². The smallest absolute Gasteiger partial charge is 0.326 e. The van der Waals surface area contributed by atoms with Crippen LogP contribution >= 0.6 is 45.2 Å². The highest BCUT2D eigenvalue weighted by Gasteiger charge is 2.23. The van der Waals surface area contributed by atoms with Crippen LogP contribution in [-0.2, 0) is 4.79 Å². The highest BCUT2D eigenvalue weighted by Crippen LogP contribution is 2.27. The zero-order valence-corrected chi connectivity index (χ0v) is 15.3. The molecule has 1 atom stereocenters. The monoisotopic (exact) mass is 503 g/mol. The van der Waals surface area contributed by atoms with Crippen LogP contribution in [0.2, 0.25) is 0 Å². The van der Waals surface area contributed by atoms with Gasteiger partial charge in [-0.25, -0.2) is 4.79 Å². The minimum Gasteiger partial charge on any atom is -0.506 e. The number of aliphatic carboxylic acids is 1. The highest BCUT2D eigenvalue weighted by atomic mass is 127. The van der Waals surface area contributed by atoms with Crippen LogP contribution in [0, 0.1) is 13.1 Å². The number of hydrogen-bond acceptors (Lipinski definition) is 3. The minimum atomic E-state index is -1.08. The van der Waals surface area contributed by atoms with Crippen LogP contribution in [0.4, 0.5) is 0 Å². The first-order valence-electron chi connectivity index (χ1n) is 5.94. The van der Waals surface area contributed by atoms with E-state index >= 15 is 0 Å². The Kier molecular flexibility index (Phi) is 6.49. The van der Waals surface area contributed by atoms with Gasteiger partial charge < -0.3 is 15.5 Å². The van der Waals surface area contributed by atoms with Gasteiger partial charge in [0.25, 0.3) is 5.91 Å². The Bertz CT molecular complexity index is 531. The molecule has 0 unspecified atom stereocenters. The molecule has 0 heterocycles. The molecule has 0 spiro atoms. The van der Waals surface area contributed by atoms with Gasteiger partial charge in [0.05, 0.1) is 9.13 Å². The summed E-state index contributed by atoms with van der Waals surface area (Å²) < 4.78 is 1.35. The topological polar surface area (TPSA) is 86.6 Å². The first-order chi connectivity index (χ1) is 9.22. The normalized spacial score (nSPS) is 12.2. The number of benzene rings is 1. The number of carboxylic acid groups (broad SMARTS) is 1. The number of nitrogens with one attached hydrogen (secondary N) is 1. The molecule has 5 nitrogen and oxygen atoms in total. The summed E-state index contributed by atoms with van der Waals surface area (Å²) in [6.45, 7) is 3.77. The lowest BCUT2D eigenvalue weighted by atomic mass is 10.0. The molecule has 0 aliphatic heterocycles. The molecule has 1 amide bonds. The molecular weight excluding hydrogens is 488 g/mol. The van der Waals surface area contributed by atoms with Crippen LogP contribution in [0.1, 0.15) is 30.6 Å². The van der Waals surface area contributed by atoms with Gasteiger partial charge in [0.2, 0.25) is 0 Å². The standard InChI is InChI=1S/C13H15I2NO4/c1-6(2)3-10(13(19)20)16-12(18)8-4-7(14)5-9(15)11(8)17/h4-6,10,17H,3H2,1-2H3,(H,16,18)(H,19,20)/t10-/m0/s1. The van der Waals surface area contributed by atoms with Gasteiger partial charge >= 0.3 is 5.97 Å². The van der Waals surface area contributed by atoms with Crippen molar-refractivity contribution in [3.63, 3.8) is 0 Å². The number of carbonyl (C=O) groups excluding carboxylic acids is 1. The van der Waals surface area contributed by atoms with Crippen molar-refractivity contribution in [1.82, 2.24) is 5.32 Å². The molecule has 0 fully saturated rings. The van der Waals surface area contributed by atoms with E-state index in [1.807, 2.05) is 59.0 Å². The summed E-state index contributed by atoms with van der Waals surface area (Å²) in [6, 6.07) is 2.30. The van der Waals surface area contributed by atoms with Crippen molar-refractivity contribution >= 4 is 57.1 Å². The molecule has 1 aromatic rings. The van der Waals surface area contributed by atoms with E-state index in [1.54, 1.807) is 6.07 Å². The summed E-state index contributed by atoms with van der Waals surface area (Å²) in [7, 11) is 0. The Labute approximate surface area is 144 Å². The van der Waals surface area contributed by atoms with Crippen LogP contribution < -0.4 is 5.32 Å². The predicted molar refractivity (Wildman–Crippen MR) is 91.9 cm³/mol. The molecule has 0 radical (unpaired) electrons. The molecule has 0 bridgehead atoms. The second-order valence-electron chi connectivity index (χ2n) is 4.78. The average Bonchev–Trinajstić information content (AvgIpc) is 2.32. The molecule has 1 rings (SSSR count). The largest absolute Gasteiger partial charge is 0.506 e. The van der Waals surface area contributed by atoms with E-state index in [9.17, 15) is 14.7 Å². The summed E-state index contributed by atoms with van der Waals surface area (Å²) in [6.07, 6.45) is 0.336. The molecular formula is C13H15I2NO4. The van der Waals surface area contributed by atoms with Crippen molar-refractivity contribution in [2.24, 2.45) is 5.92 Å². The van der Waals surface area contributed by atoms with Gasteiger partial charge in [-0.2, -0.15) is 0 Å². The maximum atomic E-state index is 12.1. The number of rotatable bonds is 5. The number of halogens is 2. The number of amides is 1. The zero-order chi connectivity index (χ0) is 15.4. The van der Waals surface area contributed by atoms with E-state index in [2.05, 4.69) is 5.32 Å². The lowest BCUT2D eigenvalue weighted by Crippen LogP contribution is -2.41. The summed E-state index contributed by atoms with van der Waals surface area (Å²) in [5.41, 5.74) is 0.0938. The van der Waals surface area contributed by atoms with Gasteiger partial charge in [-0.05, 0) is 69.7 Å². The van der Waals surface area contributed by atoms with E-state index in [-0.39, 0.29) is 17.2 Å². The molecule has 110 valence electrons. The molecule has 7 heteroatoms. The maximum Gasteiger partial charge on any atom is 0.326 e. The van der Waals surface area contributed by atoms with Gasteiger partial charge in [-0.1, -0.05) is 13.8 Å². The van der Waals surface area contributed by atoms with E-state index in [0.29, 0.717) is 9.99 Å². The number of carboxylic acids is 1. The average molecular weight is 503 g/mol. The number of hydrogen-bond donors (Lipinski definition) is 3.